The van der Waals surface area contributed by atoms with Crippen LogP contribution < -0.4 is 0 Å². The Morgan fingerprint density at radius 2 is 1.84 bits per heavy atom. The average Bonchev–Trinajstić information content (AvgIpc) is 2.54. The van der Waals surface area contributed by atoms with E-state index in [1.807, 2.05) is 0 Å². The van der Waals surface area contributed by atoms with Gasteiger partial charge in [-0.15, -0.1) is 9.35 Å². The molecule has 0 aliphatic carbocycles. The summed E-state index contributed by atoms with van der Waals surface area (Å²) in [5, 5.41) is 10.4. The predicted molar refractivity (Wildman–Crippen MR) is 62.7 cm³/mol. The molecule has 2 rings (SSSR count). The molecule has 1 atom stereocenters. The lowest BCUT2D eigenvalue weighted by atomic mass is 9.92. The summed E-state index contributed by atoms with van der Waals surface area (Å²) in [6.45, 7) is 0. The van der Waals surface area contributed by atoms with E-state index in [2.05, 4.69) is 4.28 Å². The van der Waals surface area contributed by atoms with Crippen LogP contribution in [-0.4, -0.2) is 36.7 Å². The first-order valence-corrected chi connectivity index (χ1v) is 7.10. The molecule has 1 fully saturated rings. The van der Waals surface area contributed by atoms with Crippen LogP contribution in [0.4, 0.5) is 0 Å². The van der Waals surface area contributed by atoms with Crippen LogP contribution in [0.15, 0.2) is 30.3 Å². The first-order valence-electron chi connectivity index (χ1n) is 5.29. The number of carbonyl (C=O) groups excluding carboxylic acids is 2. The predicted octanol–water partition coefficient (Wildman–Crippen LogP) is -0.476. The Hall–Kier alpha value is -1.77. The van der Waals surface area contributed by atoms with Crippen LogP contribution >= 0.6 is 0 Å². The molecular weight excluding hydrogens is 274 g/mol. The molecule has 0 spiro atoms. The molecule has 1 unspecified atom stereocenters. The fourth-order valence-electron chi connectivity index (χ4n) is 1.80. The highest BCUT2D eigenvalue weighted by atomic mass is 32.2. The zero-order valence-electron chi connectivity index (χ0n) is 9.94. The highest BCUT2D eigenvalue weighted by Gasteiger charge is 2.53. The van der Waals surface area contributed by atoms with E-state index in [1.54, 1.807) is 18.2 Å². The molecule has 102 valence electrons. The molecule has 1 N–H and O–H groups in total. The average molecular weight is 285 g/mol. The maximum Gasteiger partial charge on any atom is 0.291 e. The second-order valence-electron chi connectivity index (χ2n) is 4.18. The Kier molecular flexibility index (Phi) is 3.17. The van der Waals surface area contributed by atoms with Gasteiger partial charge >= 0.3 is 0 Å². The van der Waals surface area contributed by atoms with E-state index in [4.69, 9.17) is 0 Å². The zero-order chi connectivity index (χ0) is 14.3. The van der Waals surface area contributed by atoms with Crippen LogP contribution in [0.5, 0.6) is 0 Å². The van der Waals surface area contributed by atoms with Crippen molar-refractivity contribution in [1.82, 2.24) is 5.06 Å². The lowest BCUT2D eigenvalue weighted by Gasteiger charge is -2.20. The Balaban J connectivity index is 2.37. The Labute approximate surface area is 109 Å². The third kappa shape index (κ3) is 2.50. The van der Waals surface area contributed by atoms with E-state index < -0.39 is 34.0 Å². The number of carbonyl (C=O) groups is 2. The first kappa shape index (κ1) is 13.7. The Morgan fingerprint density at radius 1 is 1.26 bits per heavy atom. The molecule has 1 heterocycles. The number of hydroxylamine groups is 2. The van der Waals surface area contributed by atoms with Gasteiger partial charge in [0.25, 0.3) is 21.9 Å². The zero-order valence-corrected chi connectivity index (χ0v) is 10.8. The van der Waals surface area contributed by atoms with E-state index in [0.29, 0.717) is 6.26 Å². The molecule has 1 aliphatic rings. The first-order chi connectivity index (χ1) is 8.74. The summed E-state index contributed by atoms with van der Waals surface area (Å²) in [5.74, 6) is -2.03. The van der Waals surface area contributed by atoms with Gasteiger partial charge in [-0.2, -0.15) is 8.42 Å². The second-order valence-corrected chi connectivity index (χ2v) is 5.73. The third-order valence-electron chi connectivity index (χ3n) is 2.63. The largest absolute Gasteiger partial charge is 0.375 e. The maximum atomic E-state index is 12.0. The van der Waals surface area contributed by atoms with Crippen molar-refractivity contribution >= 4 is 21.9 Å². The van der Waals surface area contributed by atoms with Crippen molar-refractivity contribution in [3.63, 3.8) is 0 Å². The summed E-state index contributed by atoms with van der Waals surface area (Å²) in [6.07, 6.45) is 0.138. The lowest BCUT2D eigenvalue weighted by molar-refractivity contribution is -0.170. The lowest BCUT2D eigenvalue weighted by Crippen LogP contribution is -2.39. The van der Waals surface area contributed by atoms with Gasteiger partial charge in [-0.1, -0.05) is 30.3 Å². The number of benzene rings is 1. The van der Waals surface area contributed by atoms with E-state index in [9.17, 15) is 23.1 Å². The van der Waals surface area contributed by atoms with Crippen molar-refractivity contribution in [2.24, 2.45) is 0 Å². The van der Waals surface area contributed by atoms with Gasteiger partial charge in [0.05, 0.1) is 12.7 Å². The fourth-order valence-corrected chi connectivity index (χ4v) is 2.22. The van der Waals surface area contributed by atoms with Crippen molar-refractivity contribution in [2.45, 2.75) is 12.0 Å². The second kappa shape index (κ2) is 4.41. The number of hydrogen-bond acceptors (Lipinski definition) is 6. The summed E-state index contributed by atoms with van der Waals surface area (Å²) in [7, 11) is -4.03. The molecule has 0 bridgehead atoms. The van der Waals surface area contributed by atoms with Crippen LogP contribution in [0.25, 0.3) is 0 Å². The van der Waals surface area contributed by atoms with Crippen LogP contribution in [0.2, 0.25) is 0 Å². The molecule has 1 aromatic carbocycles. The smallest absolute Gasteiger partial charge is 0.291 e. The summed E-state index contributed by atoms with van der Waals surface area (Å²) in [4.78, 5) is 23.6. The molecule has 7 nitrogen and oxygen atoms in total. The third-order valence-corrected chi connectivity index (χ3v) is 3.05. The molecule has 2 amide bonds. The summed E-state index contributed by atoms with van der Waals surface area (Å²) in [5.41, 5.74) is -1.89. The van der Waals surface area contributed by atoms with E-state index in [1.165, 1.54) is 12.1 Å². The molecule has 0 saturated carbocycles. The minimum Gasteiger partial charge on any atom is -0.375 e. The van der Waals surface area contributed by atoms with E-state index in [0.717, 1.165) is 0 Å². The molecule has 8 heteroatoms. The monoisotopic (exact) mass is 285 g/mol. The van der Waals surface area contributed by atoms with Gasteiger partial charge < -0.3 is 5.11 Å². The minimum absolute atomic E-state index is 0.0856. The quantitative estimate of drug-likeness (QED) is 0.753. The van der Waals surface area contributed by atoms with Gasteiger partial charge in [0, 0.05) is 0 Å². The van der Waals surface area contributed by atoms with Crippen LogP contribution in [0, 0.1) is 0 Å². The fraction of sp³-hybridized carbons (Fsp3) is 0.273. The van der Waals surface area contributed by atoms with Crippen molar-refractivity contribution in [3.05, 3.63) is 35.9 Å². The van der Waals surface area contributed by atoms with Crippen molar-refractivity contribution in [1.29, 1.82) is 0 Å². The Morgan fingerprint density at radius 3 is 2.37 bits per heavy atom. The Bertz CT molecular complexity index is 626. The normalized spacial score (nSPS) is 24.0. The molecule has 19 heavy (non-hydrogen) atoms. The van der Waals surface area contributed by atoms with Crippen molar-refractivity contribution in [3.8, 4) is 0 Å². The molecule has 1 saturated heterocycles. The number of hydrogen-bond donors (Lipinski definition) is 1. The minimum atomic E-state index is -4.03. The standard InChI is InChI=1S/C11H11NO6S/c1-19(16,17)18-12-9(13)7-11(15,10(12)14)8-5-3-2-4-6-8/h2-6,15H,7H2,1H3. The molecule has 0 aromatic heterocycles. The van der Waals surface area contributed by atoms with Crippen molar-refractivity contribution in [2.75, 3.05) is 6.26 Å². The number of nitrogens with zero attached hydrogens (tertiary/aromatic N) is 1. The van der Waals surface area contributed by atoms with Gasteiger partial charge in [-0.05, 0) is 5.56 Å². The van der Waals surface area contributed by atoms with Gasteiger partial charge in [0.15, 0.2) is 5.60 Å². The molecular formula is C11H11NO6S. The molecule has 1 aromatic rings. The summed E-state index contributed by atoms with van der Waals surface area (Å²) in [6, 6.07) is 7.79. The van der Waals surface area contributed by atoms with Gasteiger partial charge in [-0.25, -0.2) is 0 Å². The van der Waals surface area contributed by atoms with Crippen LogP contribution in [-0.2, 0) is 29.6 Å². The van der Waals surface area contributed by atoms with Crippen LogP contribution in [0.1, 0.15) is 12.0 Å². The highest BCUT2D eigenvalue weighted by molar-refractivity contribution is 7.85. The van der Waals surface area contributed by atoms with Crippen LogP contribution in [0.3, 0.4) is 0 Å². The summed E-state index contributed by atoms with van der Waals surface area (Å²) >= 11 is 0. The van der Waals surface area contributed by atoms with Gasteiger partial charge in [0.1, 0.15) is 0 Å². The molecule has 0 radical (unpaired) electrons. The highest BCUT2D eigenvalue weighted by Crippen LogP contribution is 2.34. The number of rotatable bonds is 3. The van der Waals surface area contributed by atoms with E-state index in [-0.39, 0.29) is 10.6 Å². The van der Waals surface area contributed by atoms with Gasteiger partial charge in [-0.3, -0.25) is 9.59 Å². The number of imide groups is 1. The van der Waals surface area contributed by atoms with Gasteiger partial charge in [0.2, 0.25) is 0 Å². The molecule has 1 aliphatic heterocycles. The topological polar surface area (TPSA) is 101 Å². The van der Waals surface area contributed by atoms with Crippen molar-refractivity contribution < 1.29 is 27.4 Å². The number of aliphatic hydroxyl groups is 1. The SMILES string of the molecule is CS(=O)(=O)ON1C(=O)CC(O)(c2ccccc2)C1=O. The number of amides is 2. The van der Waals surface area contributed by atoms with E-state index >= 15 is 0 Å². The maximum absolute atomic E-state index is 12.0. The summed E-state index contributed by atoms with van der Waals surface area (Å²) < 4.78 is 26.2.